The highest BCUT2D eigenvalue weighted by atomic mass is 16.5. The molecule has 2 heterocycles. The summed E-state index contributed by atoms with van der Waals surface area (Å²) in [6, 6.07) is 14.3. The minimum atomic E-state index is 0.557. The number of hydrogen-bond acceptors (Lipinski definition) is 4. The summed E-state index contributed by atoms with van der Waals surface area (Å²) < 4.78 is 16.8. The first-order valence-corrected chi connectivity index (χ1v) is 7.80. The number of methoxy groups -OCH3 is 1. The molecule has 2 aromatic carbocycles. The highest BCUT2D eigenvalue weighted by Gasteiger charge is 2.19. The van der Waals surface area contributed by atoms with E-state index in [1.54, 1.807) is 7.11 Å². The first-order chi connectivity index (χ1) is 11.3. The van der Waals surface area contributed by atoms with Crippen molar-refractivity contribution in [3.05, 3.63) is 65.4 Å². The molecule has 0 N–H and O–H groups in total. The van der Waals surface area contributed by atoms with Crippen LogP contribution < -0.4 is 9.47 Å². The van der Waals surface area contributed by atoms with Crippen LogP contribution in [0.15, 0.2) is 48.7 Å². The van der Waals surface area contributed by atoms with Gasteiger partial charge in [-0.1, -0.05) is 24.3 Å². The second kappa shape index (κ2) is 5.88. The van der Waals surface area contributed by atoms with Crippen LogP contribution in [0.2, 0.25) is 0 Å². The first kappa shape index (κ1) is 14.0. The van der Waals surface area contributed by atoms with Gasteiger partial charge in [-0.05, 0) is 29.3 Å². The fourth-order valence-electron chi connectivity index (χ4n) is 3.05. The molecule has 0 aromatic heterocycles. The van der Waals surface area contributed by atoms with Gasteiger partial charge in [0.15, 0.2) is 6.73 Å². The quantitative estimate of drug-likeness (QED) is 0.866. The molecule has 0 unspecified atom stereocenters. The summed E-state index contributed by atoms with van der Waals surface area (Å²) in [6.07, 6.45) is 3.06. The molecule has 0 saturated carbocycles. The van der Waals surface area contributed by atoms with Crippen LogP contribution >= 0.6 is 0 Å². The van der Waals surface area contributed by atoms with Crippen molar-refractivity contribution in [1.29, 1.82) is 0 Å². The maximum absolute atomic E-state index is 5.84. The second-order valence-electron chi connectivity index (χ2n) is 5.75. The Labute approximate surface area is 135 Å². The van der Waals surface area contributed by atoms with Crippen LogP contribution in [0.5, 0.6) is 11.5 Å². The smallest absolute Gasteiger partial charge is 0.161 e. The van der Waals surface area contributed by atoms with Gasteiger partial charge >= 0.3 is 0 Å². The van der Waals surface area contributed by atoms with Gasteiger partial charge < -0.3 is 19.1 Å². The molecule has 0 amide bonds. The number of benzene rings is 2. The van der Waals surface area contributed by atoms with Gasteiger partial charge in [-0.15, -0.1) is 0 Å². The van der Waals surface area contributed by atoms with E-state index in [1.165, 1.54) is 11.1 Å². The van der Waals surface area contributed by atoms with E-state index in [4.69, 9.17) is 14.2 Å². The van der Waals surface area contributed by atoms with Gasteiger partial charge in [0.2, 0.25) is 0 Å². The lowest BCUT2D eigenvalue weighted by molar-refractivity contribution is 0.179. The number of rotatable bonds is 4. The van der Waals surface area contributed by atoms with E-state index >= 15 is 0 Å². The predicted octanol–water partition coefficient (Wildman–Crippen LogP) is 3.42. The van der Waals surface area contributed by atoms with Gasteiger partial charge in [0.05, 0.1) is 19.3 Å². The van der Waals surface area contributed by atoms with Gasteiger partial charge in [-0.3, -0.25) is 0 Å². The molecular formula is C19H19NO3. The Hall–Kier alpha value is -2.62. The average molecular weight is 309 g/mol. The van der Waals surface area contributed by atoms with Gasteiger partial charge in [0.1, 0.15) is 17.3 Å². The molecule has 0 fully saturated rings. The summed E-state index contributed by atoms with van der Waals surface area (Å²) in [4.78, 5) is 2.17. The zero-order valence-electron chi connectivity index (χ0n) is 13.1. The number of hydrogen-bond donors (Lipinski definition) is 0. The van der Waals surface area contributed by atoms with E-state index in [0.29, 0.717) is 6.73 Å². The van der Waals surface area contributed by atoms with E-state index < -0.39 is 0 Å². The molecule has 0 aliphatic carbocycles. The highest BCUT2D eigenvalue weighted by molar-refractivity contribution is 5.66. The lowest BCUT2D eigenvalue weighted by Gasteiger charge is -2.13. The number of nitrogens with zero attached hydrogens (tertiary/aromatic N) is 1. The zero-order valence-corrected chi connectivity index (χ0v) is 13.1. The molecule has 2 aliphatic heterocycles. The molecular weight excluding hydrogens is 290 g/mol. The summed E-state index contributed by atoms with van der Waals surface area (Å²) in [6.45, 7) is 2.18. The van der Waals surface area contributed by atoms with Gasteiger partial charge in [0.25, 0.3) is 0 Å². The van der Waals surface area contributed by atoms with E-state index in [0.717, 1.165) is 42.4 Å². The van der Waals surface area contributed by atoms with Crippen LogP contribution in [0, 0.1) is 0 Å². The van der Waals surface area contributed by atoms with Crippen molar-refractivity contribution in [1.82, 2.24) is 4.90 Å². The van der Waals surface area contributed by atoms with Gasteiger partial charge in [-0.25, -0.2) is 0 Å². The molecule has 23 heavy (non-hydrogen) atoms. The molecule has 0 bridgehead atoms. The molecule has 0 radical (unpaired) electrons. The summed E-state index contributed by atoms with van der Waals surface area (Å²) in [5.74, 6) is 2.71. The van der Waals surface area contributed by atoms with Crippen LogP contribution in [0.1, 0.15) is 16.7 Å². The minimum absolute atomic E-state index is 0.557. The Morgan fingerprint density at radius 3 is 2.96 bits per heavy atom. The Balaban J connectivity index is 1.52. The van der Waals surface area contributed by atoms with Gasteiger partial charge in [-0.2, -0.15) is 0 Å². The normalized spacial score (nSPS) is 15.7. The van der Waals surface area contributed by atoms with Crippen LogP contribution in [0.4, 0.5) is 0 Å². The third-order valence-electron chi connectivity index (χ3n) is 4.20. The lowest BCUT2D eigenvalue weighted by Crippen LogP contribution is -2.14. The van der Waals surface area contributed by atoms with Crippen molar-refractivity contribution < 1.29 is 14.2 Å². The average Bonchev–Trinajstić information content (AvgIpc) is 3.23. The maximum atomic E-state index is 5.84. The van der Waals surface area contributed by atoms with Gasteiger partial charge in [0, 0.05) is 19.2 Å². The standard InChI is InChI=1S/C19H19NO3/c1-21-18-5-3-2-4-16(18)19-12-20(13-23-19)11-14-6-7-17-15(10-14)8-9-22-17/h2-7,10,12H,8-9,11,13H2,1H3. The van der Waals surface area contributed by atoms with Crippen molar-refractivity contribution in [3.8, 4) is 11.5 Å². The highest BCUT2D eigenvalue weighted by Crippen LogP contribution is 2.31. The molecule has 0 spiro atoms. The molecule has 2 aliphatic rings. The van der Waals surface area contributed by atoms with E-state index in [9.17, 15) is 0 Å². The van der Waals surface area contributed by atoms with Crippen LogP contribution in [0.25, 0.3) is 5.76 Å². The fraction of sp³-hybridized carbons (Fsp3) is 0.263. The Morgan fingerprint density at radius 1 is 1.13 bits per heavy atom. The van der Waals surface area contributed by atoms with Crippen LogP contribution in [-0.4, -0.2) is 25.3 Å². The van der Waals surface area contributed by atoms with Crippen LogP contribution in [-0.2, 0) is 17.7 Å². The molecule has 4 heteroatoms. The maximum Gasteiger partial charge on any atom is 0.161 e. The molecule has 0 saturated heterocycles. The third-order valence-corrected chi connectivity index (χ3v) is 4.20. The number of ether oxygens (including phenoxy) is 3. The summed E-state index contributed by atoms with van der Waals surface area (Å²) >= 11 is 0. The Bertz CT molecular complexity index is 754. The summed E-state index contributed by atoms with van der Waals surface area (Å²) in [7, 11) is 1.68. The van der Waals surface area contributed by atoms with E-state index in [-0.39, 0.29) is 0 Å². The summed E-state index contributed by atoms with van der Waals surface area (Å²) in [5.41, 5.74) is 3.56. The third kappa shape index (κ3) is 2.72. The van der Waals surface area contributed by atoms with E-state index in [2.05, 4.69) is 29.3 Å². The monoisotopic (exact) mass is 309 g/mol. The lowest BCUT2D eigenvalue weighted by atomic mass is 10.1. The largest absolute Gasteiger partial charge is 0.496 e. The Kier molecular flexibility index (Phi) is 3.58. The van der Waals surface area contributed by atoms with Crippen molar-refractivity contribution >= 4 is 5.76 Å². The van der Waals surface area contributed by atoms with Crippen molar-refractivity contribution in [2.24, 2.45) is 0 Å². The molecule has 2 aromatic rings. The predicted molar refractivity (Wildman–Crippen MR) is 88.1 cm³/mol. The molecule has 118 valence electrons. The molecule has 4 rings (SSSR count). The zero-order chi connectivity index (χ0) is 15.6. The second-order valence-corrected chi connectivity index (χ2v) is 5.75. The summed E-state index contributed by atoms with van der Waals surface area (Å²) in [5, 5.41) is 0. The number of para-hydroxylation sites is 1. The molecule has 4 nitrogen and oxygen atoms in total. The van der Waals surface area contributed by atoms with Crippen molar-refractivity contribution in [2.75, 3.05) is 20.4 Å². The van der Waals surface area contributed by atoms with Crippen LogP contribution in [0.3, 0.4) is 0 Å². The first-order valence-electron chi connectivity index (χ1n) is 7.80. The minimum Gasteiger partial charge on any atom is -0.496 e. The Morgan fingerprint density at radius 2 is 2.04 bits per heavy atom. The topological polar surface area (TPSA) is 30.9 Å². The van der Waals surface area contributed by atoms with Crippen molar-refractivity contribution in [3.63, 3.8) is 0 Å². The van der Waals surface area contributed by atoms with E-state index in [1.807, 2.05) is 24.3 Å². The molecule has 0 atom stereocenters. The number of fused-ring (bicyclic) bond motifs is 1. The SMILES string of the molecule is COc1ccccc1C1=CN(Cc2ccc3c(c2)CCO3)CO1. The fourth-order valence-corrected chi connectivity index (χ4v) is 3.05. The van der Waals surface area contributed by atoms with Crippen molar-refractivity contribution in [2.45, 2.75) is 13.0 Å².